The first kappa shape index (κ1) is 14.1. The number of anilines is 1. The minimum Gasteiger partial charge on any atom is -0.348 e. The van der Waals surface area contributed by atoms with E-state index in [0.29, 0.717) is 6.54 Å². The molecule has 1 atom stereocenters. The van der Waals surface area contributed by atoms with Crippen LogP contribution >= 0.6 is 0 Å². The third-order valence-corrected chi connectivity index (χ3v) is 2.27. The summed E-state index contributed by atoms with van der Waals surface area (Å²) in [7, 11) is 0. The summed E-state index contributed by atoms with van der Waals surface area (Å²) >= 11 is 0. The lowest BCUT2D eigenvalue weighted by molar-refractivity contribution is -0.114. The molecular formula is C12H16FN3O2. The first-order valence-corrected chi connectivity index (χ1v) is 5.52. The predicted molar refractivity (Wildman–Crippen MR) is 66.7 cm³/mol. The second kappa shape index (κ2) is 6.11. The second-order valence-electron chi connectivity index (χ2n) is 3.99. The van der Waals surface area contributed by atoms with Crippen LogP contribution in [0.3, 0.4) is 0 Å². The van der Waals surface area contributed by atoms with Gasteiger partial charge in [0.25, 0.3) is 5.91 Å². The number of hydrogen-bond acceptors (Lipinski definition) is 3. The van der Waals surface area contributed by atoms with Gasteiger partial charge in [-0.2, -0.15) is 0 Å². The van der Waals surface area contributed by atoms with Gasteiger partial charge in [0.1, 0.15) is 5.82 Å². The first-order chi connectivity index (χ1) is 8.43. The minimum atomic E-state index is -0.589. The molecule has 0 aliphatic rings. The Labute approximate surface area is 105 Å². The maximum Gasteiger partial charge on any atom is 0.251 e. The van der Waals surface area contributed by atoms with Gasteiger partial charge in [0.05, 0.1) is 5.69 Å². The second-order valence-corrected chi connectivity index (χ2v) is 3.99. The van der Waals surface area contributed by atoms with Crippen LogP contribution in [0.5, 0.6) is 0 Å². The molecule has 0 aliphatic carbocycles. The molecule has 0 saturated carbocycles. The highest BCUT2D eigenvalue weighted by atomic mass is 19.1. The topological polar surface area (TPSA) is 84.2 Å². The Balaban J connectivity index is 2.90. The van der Waals surface area contributed by atoms with E-state index in [4.69, 9.17) is 5.73 Å². The molecule has 6 heteroatoms. The third kappa shape index (κ3) is 3.81. The summed E-state index contributed by atoms with van der Waals surface area (Å²) in [4.78, 5) is 22.6. The number of nitrogens with two attached hydrogens (primary N) is 1. The average molecular weight is 253 g/mol. The van der Waals surface area contributed by atoms with Crippen LogP contribution in [0, 0.1) is 5.82 Å². The van der Waals surface area contributed by atoms with Crippen molar-refractivity contribution in [3.8, 4) is 0 Å². The fourth-order valence-corrected chi connectivity index (χ4v) is 1.32. The van der Waals surface area contributed by atoms with E-state index in [1.54, 1.807) is 6.92 Å². The van der Waals surface area contributed by atoms with E-state index in [2.05, 4.69) is 10.6 Å². The van der Waals surface area contributed by atoms with E-state index < -0.39 is 11.7 Å². The molecule has 1 aromatic rings. The molecular weight excluding hydrogens is 237 g/mol. The maximum absolute atomic E-state index is 13.4. The molecule has 18 heavy (non-hydrogen) atoms. The highest BCUT2D eigenvalue weighted by Crippen LogP contribution is 2.16. The normalized spacial score (nSPS) is 11.8. The van der Waals surface area contributed by atoms with Gasteiger partial charge in [0.2, 0.25) is 5.91 Å². The summed E-state index contributed by atoms with van der Waals surface area (Å²) in [6.07, 6.45) is 0. The monoisotopic (exact) mass is 253 g/mol. The zero-order valence-electron chi connectivity index (χ0n) is 10.3. The van der Waals surface area contributed by atoms with E-state index >= 15 is 0 Å². The molecule has 0 heterocycles. The van der Waals surface area contributed by atoms with Crippen molar-refractivity contribution in [1.29, 1.82) is 0 Å². The Hall–Kier alpha value is -1.95. The Morgan fingerprint density at radius 1 is 1.44 bits per heavy atom. The van der Waals surface area contributed by atoms with E-state index in [9.17, 15) is 14.0 Å². The van der Waals surface area contributed by atoms with Crippen LogP contribution in [-0.4, -0.2) is 24.4 Å². The number of benzene rings is 1. The number of amides is 2. The molecule has 2 amide bonds. The smallest absolute Gasteiger partial charge is 0.251 e. The van der Waals surface area contributed by atoms with Crippen LogP contribution in [0.1, 0.15) is 24.2 Å². The Morgan fingerprint density at radius 3 is 2.67 bits per heavy atom. The number of nitrogens with one attached hydrogen (secondary N) is 2. The standard InChI is InChI=1S/C12H16FN3O2/c1-7(6-14)15-12(18)9-3-4-10(13)11(5-9)16-8(2)17/h3-5,7H,6,14H2,1-2H3,(H,15,18)(H,16,17)/t7-/m0/s1. The summed E-state index contributed by atoms with van der Waals surface area (Å²) in [5.74, 6) is -1.35. The van der Waals surface area contributed by atoms with Crippen molar-refractivity contribution in [3.63, 3.8) is 0 Å². The Kier molecular flexibility index (Phi) is 4.79. The molecule has 0 radical (unpaired) electrons. The van der Waals surface area contributed by atoms with Gasteiger partial charge in [-0.1, -0.05) is 0 Å². The quantitative estimate of drug-likeness (QED) is 0.744. The molecule has 0 fully saturated rings. The van der Waals surface area contributed by atoms with Crippen LogP contribution in [0.15, 0.2) is 18.2 Å². The number of halogens is 1. The molecule has 98 valence electrons. The first-order valence-electron chi connectivity index (χ1n) is 5.52. The summed E-state index contributed by atoms with van der Waals surface area (Å²) < 4.78 is 13.4. The summed E-state index contributed by atoms with van der Waals surface area (Å²) in [6, 6.07) is 3.59. The SMILES string of the molecule is CC(=O)Nc1cc(C(=O)N[C@@H](C)CN)ccc1F. The van der Waals surface area contributed by atoms with Gasteiger partial charge < -0.3 is 16.4 Å². The van der Waals surface area contributed by atoms with Gasteiger partial charge in [-0.05, 0) is 25.1 Å². The lowest BCUT2D eigenvalue weighted by Gasteiger charge is -2.12. The third-order valence-electron chi connectivity index (χ3n) is 2.27. The van der Waals surface area contributed by atoms with Gasteiger partial charge >= 0.3 is 0 Å². The fraction of sp³-hybridized carbons (Fsp3) is 0.333. The van der Waals surface area contributed by atoms with Crippen molar-refractivity contribution in [2.75, 3.05) is 11.9 Å². The molecule has 1 rings (SSSR count). The number of rotatable bonds is 4. The lowest BCUT2D eigenvalue weighted by atomic mass is 10.1. The molecule has 5 nitrogen and oxygen atoms in total. The Morgan fingerprint density at radius 2 is 2.11 bits per heavy atom. The van der Waals surface area contributed by atoms with Crippen molar-refractivity contribution < 1.29 is 14.0 Å². The van der Waals surface area contributed by atoms with Crippen LogP contribution < -0.4 is 16.4 Å². The van der Waals surface area contributed by atoms with Crippen molar-refractivity contribution in [2.24, 2.45) is 5.73 Å². The average Bonchev–Trinajstić information content (AvgIpc) is 2.31. The van der Waals surface area contributed by atoms with Crippen LogP contribution in [0.25, 0.3) is 0 Å². The number of carbonyl (C=O) groups excluding carboxylic acids is 2. The molecule has 0 aliphatic heterocycles. The molecule has 0 bridgehead atoms. The van der Waals surface area contributed by atoms with Gasteiger partial charge in [0.15, 0.2) is 0 Å². The van der Waals surface area contributed by atoms with Crippen molar-refractivity contribution >= 4 is 17.5 Å². The minimum absolute atomic E-state index is 0.0180. The predicted octanol–water partition coefficient (Wildman–Crippen LogP) is 0.861. The number of hydrogen-bond donors (Lipinski definition) is 3. The van der Waals surface area contributed by atoms with Gasteiger partial charge in [-0.25, -0.2) is 4.39 Å². The largest absolute Gasteiger partial charge is 0.348 e. The summed E-state index contributed by atoms with van der Waals surface area (Å²) in [6.45, 7) is 3.34. The van der Waals surface area contributed by atoms with Crippen LogP contribution in [-0.2, 0) is 4.79 Å². The van der Waals surface area contributed by atoms with Crippen LogP contribution in [0.2, 0.25) is 0 Å². The van der Waals surface area contributed by atoms with Crippen molar-refractivity contribution in [2.45, 2.75) is 19.9 Å². The van der Waals surface area contributed by atoms with Crippen molar-refractivity contribution in [1.82, 2.24) is 5.32 Å². The van der Waals surface area contributed by atoms with Gasteiger partial charge in [0, 0.05) is 25.1 Å². The molecule has 0 spiro atoms. The molecule has 0 aromatic heterocycles. The van der Waals surface area contributed by atoms with Gasteiger partial charge in [-0.3, -0.25) is 9.59 Å². The van der Waals surface area contributed by atoms with Crippen LogP contribution in [0.4, 0.5) is 10.1 Å². The zero-order valence-corrected chi connectivity index (χ0v) is 10.3. The lowest BCUT2D eigenvalue weighted by Crippen LogP contribution is -2.37. The highest BCUT2D eigenvalue weighted by Gasteiger charge is 2.12. The summed E-state index contributed by atoms with van der Waals surface area (Å²) in [5, 5.41) is 4.96. The van der Waals surface area contributed by atoms with E-state index in [-0.39, 0.29) is 23.2 Å². The van der Waals surface area contributed by atoms with E-state index in [0.717, 1.165) is 6.07 Å². The van der Waals surface area contributed by atoms with Crippen molar-refractivity contribution in [3.05, 3.63) is 29.6 Å². The highest BCUT2D eigenvalue weighted by molar-refractivity contribution is 5.97. The molecule has 1 aromatic carbocycles. The molecule has 0 saturated heterocycles. The fourth-order valence-electron chi connectivity index (χ4n) is 1.32. The molecule has 4 N–H and O–H groups in total. The number of carbonyl (C=O) groups is 2. The van der Waals surface area contributed by atoms with E-state index in [1.807, 2.05) is 0 Å². The zero-order chi connectivity index (χ0) is 13.7. The van der Waals surface area contributed by atoms with Gasteiger partial charge in [-0.15, -0.1) is 0 Å². The maximum atomic E-state index is 13.4. The Bertz CT molecular complexity index is 463. The summed E-state index contributed by atoms with van der Waals surface area (Å²) in [5.41, 5.74) is 5.63. The molecule has 0 unspecified atom stereocenters. The van der Waals surface area contributed by atoms with E-state index in [1.165, 1.54) is 19.1 Å².